The quantitative estimate of drug-likeness (QED) is 0.738. The average Bonchev–Trinajstić information content (AvgIpc) is 3.10. The Morgan fingerprint density at radius 1 is 1.20 bits per heavy atom. The molecule has 128 valence electrons. The molecule has 0 unspecified atom stereocenters. The molecule has 0 radical (unpaired) electrons. The van der Waals surface area contributed by atoms with Crippen LogP contribution in [0.4, 0.5) is 5.13 Å². The molecule has 25 heavy (non-hydrogen) atoms. The Hall–Kier alpha value is -2.80. The maximum Gasteiger partial charge on any atom is 0.266 e. The van der Waals surface area contributed by atoms with Crippen LogP contribution < -0.4 is 10.9 Å². The van der Waals surface area contributed by atoms with Gasteiger partial charge in [0.05, 0.1) is 5.69 Å². The summed E-state index contributed by atoms with van der Waals surface area (Å²) in [6, 6.07) is 11.2. The number of amides is 1. The van der Waals surface area contributed by atoms with Crippen LogP contribution in [0, 0.1) is 6.92 Å². The summed E-state index contributed by atoms with van der Waals surface area (Å²) in [7, 11) is 0. The molecule has 3 aromatic rings. The van der Waals surface area contributed by atoms with E-state index in [4.69, 9.17) is 0 Å². The van der Waals surface area contributed by atoms with E-state index in [9.17, 15) is 9.59 Å². The van der Waals surface area contributed by atoms with Crippen molar-refractivity contribution in [3.8, 4) is 11.3 Å². The predicted octanol–water partition coefficient (Wildman–Crippen LogP) is 3.09. The molecule has 2 heterocycles. The number of benzene rings is 1. The van der Waals surface area contributed by atoms with Crippen molar-refractivity contribution in [1.29, 1.82) is 0 Å². The van der Waals surface area contributed by atoms with Crippen molar-refractivity contribution in [2.45, 2.75) is 26.3 Å². The average molecular weight is 354 g/mol. The smallest absolute Gasteiger partial charge is 0.266 e. The fraction of sp³-hybridized carbons (Fsp3) is 0.222. The van der Waals surface area contributed by atoms with E-state index >= 15 is 0 Å². The zero-order valence-electron chi connectivity index (χ0n) is 13.8. The van der Waals surface area contributed by atoms with Crippen LogP contribution in [-0.4, -0.2) is 20.7 Å². The molecule has 0 atom stereocenters. The lowest BCUT2D eigenvalue weighted by Crippen LogP contribution is -2.23. The minimum Gasteiger partial charge on any atom is -0.302 e. The molecule has 0 bridgehead atoms. The van der Waals surface area contributed by atoms with E-state index in [-0.39, 0.29) is 11.5 Å². The Bertz CT molecular complexity index is 902. The van der Waals surface area contributed by atoms with Crippen molar-refractivity contribution in [1.82, 2.24) is 14.8 Å². The number of anilines is 1. The lowest BCUT2D eigenvalue weighted by atomic mass is 10.1. The molecule has 3 rings (SSSR count). The molecule has 0 aliphatic heterocycles. The number of hydrogen-bond donors (Lipinski definition) is 1. The summed E-state index contributed by atoms with van der Waals surface area (Å²) in [5.74, 6) is -0.113. The van der Waals surface area contributed by atoms with E-state index in [0.29, 0.717) is 24.5 Å². The molecule has 0 saturated heterocycles. The molecule has 7 heteroatoms. The topological polar surface area (TPSA) is 76.9 Å². The summed E-state index contributed by atoms with van der Waals surface area (Å²) in [6.07, 6.45) is 2.48. The number of hydrogen-bond acceptors (Lipinski definition) is 5. The fourth-order valence-electron chi connectivity index (χ4n) is 2.34. The second kappa shape index (κ2) is 7.85. The Labute approximate surface area is 149 Å². The van der Waals surface area contributed by atoms with Gasteiger partial charge in [0.2, 0.25) is 5.91 Å². The number of carbonyl (C=O) groups is 1. The Balaban J connectivity index is 1.62. The SMILES string of the molecule is Cc1ccc(-c2ccc(=O)n(CCCC(=O)Nc3nccs3)n2)cc1. The van der Waals surface area contributed by atoms with E-state index < -0.39 is 0 Å². The lowest BCUT2D eigenvalue weighted by molar-refractivity contribution is -0.116. The Morgan fingerprint density at radius 3 is 2.72 bits per heavy atom. The third-order valence-electron chi connectivity index (χ3n) is 3.67. The molecular formula is C18H18N4O2S. The van der Waals surface area contributed by atoms with Crippen LogP contribution in [-0.2, 0) is 11.3 Å². The standard InChI is InChI=1S/C18H18N4O2S/c1-13-4-6-14(7-5-13)15-8-9-17(24)22(21-15)11-2-3-16(23)20-18-19-10-12-25-18/h4-10,12H,2-3,11H2,1H3,(H,19,20,23). The predicted molar refractivity (Wildman–Crippen MR) is 98.6 cm³/mol. The zero-order chi connectivity index (χ0) is 17.6. The van der Waals surface area contributed by atoms with Crippen LogP contribution in [0.5, 0.6) is 0 Å². The van der Waals surface area contributed by atoms with Crippen LogP contribution >= 0.6 is 11.3 Å². The fourth-order valence-corrected chi connectivity index (χ4v) is 2.89. The second-order valence-electron chi connectivity index (χ2n) is 5.63. The minimum absolute atomic E-state index is 0.113. The molecule has 1 aromatic carbocycles. The van der Waals surface area contributed by atoms with Crippen LogP contribution in [0.1, 0.15) is 18.4 Å². The normalized spacial score (nSPS) is 10.6. The number of aryl methyl sites for hydroxylation is 2. The van der Waals surface area contributed by atoms with Gasteiger partial charge in [-0.1, -0.05) is 29.8 Å². The van der Waals surface area contributed by atoms with Gasteiger partial charge in [-0.2, -0.15) is 5.10 Å². The molecule has 0 spiro atoms. The van der Waals surface area contributed by atoms with E-state index in [1.165, 1.54) is 27.6 Å². The summed E-state index contributed by atoms with van der Waals surface area (Å²) in [6.45, 7) is 2.42. The van der Waals surface area contributed by atoms with Gasteiger partial charge in [0.1, 0.15) is 0 Å². The molecule has 0 aliphatic rings. The largest absolute Gasteiger partial charge is 0.302 e. The maximum absolute atomic E-state index is 12.0. The zero-order valence-corrected chi connectivity index (χ0v) is 14.6. The highest BCUT2D eigenvalue weighted by molar-refractivity contribution is 7.13. The van der Waals surface area contributed by atoms with Crippen LogP contribution in [0.2, 0.25) is 0 Å². The first kappa shape index (κ1) is 17.0. The Kier molecular flexibility index (Phi) is 5.35. The molecule has 0 saturated carbocycles. The monoisotopic (exact) mass is 354 g/mol. The highest BCUT2D eigenvalue weighted by atomic mass is 32.1. The Morgan fingerprint density at radius 2 is 2.00 bits per heavy atom. The van der Waals surface area contributed by atoms with Gasteiger partial charge in [0, 0.05) is 36.2 Å². The molecule has 1 amide bonds. The first-order chi connectivity index (χ1) is 12.1. The van der Waals surface area contributed by atoms with E-state index in [1.54, 1.807) is 17.6 Å². The third-order valence-corrected chi connectivity index (χ3v) is 4.35. The summed E-state index contributed by atoms with van der Waals surface area (Å²) in [5, 5.41) is 9.52. The van der Waals surface area contributed by atoms with E-state index in [2.05, 4.69) is 15.4 Å². The summed E-state index contributed by atoms with van der Waals surface area (Å²) in [4.78, 5) is 27.8. The van der Waals surface area contributed by atoms with Crippen molar-refractivity contribution >= 4 is 22.4 Å². The minimum atomic E-state index is -0.170. The summed E-state index contributed by atoms with van der Waals surface area (Å²) in [5.41, 5.74) is 2.70. The number of nitrogens with one attached hydrogen (secondary N) is 1. The summed E-state index contributed by atoms with van der Waals surface area (Å²) >= 11 is 1.37. The van der Waals surface area contributed by atoms with E-state index in [0.717, 1.165) is 11.3 Å². The van der Waals surface area contributed by atoms with Gasteiger partial charge in [0.25, 0.3) is 5.56 Å². The van der Waals surface area contributed by atoms with Crippen molar-refractivity contribution in [3.05, 3.63) is 63.9 Å². The lowest BCUT2D eigenvalue weighted by Gasteiger charge is -2.07. The first-order valence-corrected chi connectivity index (χ1v) is 8.84. The molecule has 1 N–H and O–H groups in total. The highest BCUT2D eigenvalue weighted by Gasteiger charge is 2.07. The third kappa shape index (κ3) is 4.60. The number of thiazole rings is 1. The van der Waals surface area contributed by atoms with Gasteiger partial charge in [-0.15, -0.1) is 11.3 Å². The number of nitrogens with zero attached hydrogens (tertiary/aromatic N) is 3. The van der Waals surface area contributed by atoms with Crippen molar-refractivity contribution < 1.29 is 4.79 Å². The molecule has 6 nitrogen and oxygen atoms in total. The van der Waals surface area contributed by atoms with Gasteiger partial charge in [-0.05, 0) is 19.4 Å². The van der Waals surface area contributed by atoms with E-state index in [1.807, 2.05) is 31.2 Å². The van der Waals surface area contributed by atoms with Crippen LogP contribution in [0.15, 0.2) is 52.8 Å². The summed E-state index contributed by atoms with van der Waals surface area (Å²) < 4.78 is 1.41. The first-order valence-electron chi connectivity index (χ1n) is 7.96. The number of carbonyl (C=O) groups excluding carboxylic acids is 1. The van der Waals surface area contributed by atoms with Crippen molar-refractivity contribution in [2.75, 3.05) is 5.32 Å². The van der Waals surface area contributed by atoms with Crippen molar-refractivity contribution in [3.63, 3.8) is 0 Å². The van der Waals surface area contributed by atoms with Crippen LogP contribution in [0.3, 0.4) is 0 Å². The second-order valence-corrected chi connectivity index (χ2v) is 6.53. The van der Waals surface area contributed by atoms with Gasteiger partial charge in [-0.25, -0.2) is 9.67 Å². The van der Waals surface area contributed by atoms with Gasteiger partial charge >= 0.3 is 0 Å². The number of aromatic nitrogens is 3. The number of rotatable bonds is 6. The van der Waals surface area contributed by atoms with Gasteiger partial charge in [-0.3, -0.25) is 9.59 Å². The highest BCUT2D eigenvalue weighted by Crippen LogP contribution is 2.16. The molecule has 0 fully saturated rings. The van der Waals surface area contributed by atoms with Crippen molar-refractivity contribution in [2.24, 2.45) is 0 Å². The van der Waals surface area contributed by atoms with Crippen LogP contribution in [0.25, 0.3) is 11.3 Å². The maximum atomic E-state index is 12.0. The van der Waals surface area contributed by atoms with Gasteiger partial charge < -0.3 is 5.32 Å². The van der Waals surface area contributed by atoms with Gasteiger partial charge in [0.15, 0.2) is 5.13 Å². The molecule has 0 aliphatic carbocycles. The molecule has 2 aromatic heterocycles. The molecular weight excluding hydrogens is 336 g/mol.